The largest absolute Gasteiger partial charge is 0.339 e. The Hall–Kier alpha value is -1.06. The first-order valence-electron chi connectivity index (χ1n) is 9.30. The second kappa shape index (κ2) is 7.47. The van der Waals surface area contributed by atoms with Gasteiger partial charge in [-0.3, -0.25) is 9.59 Å². The summed E-state index contributed by atoms with van der Waals surface area (Å²) in [5.41, 5.74) is 0. The van der Waals surface area contributed by atoms with Gasteiger partial charge < -0.3 is 9.80 Å². The molecule has 0 radical (unpaired) electrons. The maximum Gasteiger partial charge on any atom is 0.225 e. The molecule has 4 heteroatoms. The lowest BCUT2D eigenvalue weighted by Crippen LogP contribution is -2.52. The third kappa shape index (κ3) is 3.82. The molecular formula is C18H30N2O2. The zero-order valence-electron chi connectivity index (χ0n) is 13.8. The Bertz CT molecular complexity index is 390. The quantitative estimate of drug-likeness (QED) is 0.804. The van der Waals surface area contributed by atoms with Gasteiger partial charge >= 0.3 is 0 Å². The summed E-state index contributed by atoms with van der Waals surface area (Å²) in [6.07, 6.45) is 11.7. The van der Waals surface area contributed by atoms with Gasteiger partial charge in [0, 0.05) is 38.5 Å². The van der Waals surface area contributed by atoms with Crippen LogP contribution in [0.3, 0.4) is 0 Å². The summed E-state index contributed by atoms with van der Waals surface area (Å²) < 4.78 is 0. The summed E-state index contributed by atoms with van der Waals surface area (Å²) in [5, 5.41) is 0. The van der Waals surface area contributed by atoms with Crippen LogP contribution in [0, 0.1) is 11.8 Å². The lowest BCUT2D eigenvalue weighted by Gasteiger charge is -2.36. The molecule has 124 valence electrons. The van der Waals surface area contributed by atoms with Crippen LogP contribution in [-0.4, -0.2) is 47.8 Å². The van der Waals surface area contributed by atoms with Crippen LogP contribution in [0.4, 0.5) is 0 Å². The van der Waals surface area contributed by atoms with Gasteiger partial charge in [0.25, 0.3) is 0 Å². The highest BCUT2D eigenvalue weighted by atomic mass is 16.2. The van der Waals surface area contributed by atoms with E-state index in [-0.39, 0.29) is 5.92 Å². The van der Waals surface area contributed by atoms with Gasteiger partial charge in [-0.25, -0.2) is 0 Å². The van der Waals surface area contributed by atoms with E-state index in [1.54, 1.807) is 0 Å². The number of piperazine rings is 1. The van der Waals surface area contributed by atoms with Crippen molar-refractivity contribution in [2.75, 3.05) is 26.2 Å². The number of carbonyl (C=O) groups is 2. The molecule has 0 spiro atoms. The first kappa shape index (κ1) is 15.8. The molecule has 22 heavy (non-hydrogen) atoms. The standard InChI is InChI=1S/C18H30N2O2/c21-17(14-15-6-2-1-3-7-15)19-10-12-20(13-11-19)18(22)16-8-4-5-9-16/h15-16H,1-14H2. The van der Waals surface area contributed by atoms with Crippen molar-refractivity contribution >= 4 is 11.8 Å². The van der Waals surface area contributed by atoms with E-state index in [1.165, 1.54) is 44.9 Å². The van der Waals surface area contributed by atoms with Crippen LogP contribution in [0.5, 0.6) is 0 Å². The minimum absolute atomic E-state index is 0.268. The van der Waals surface area contributed by atoms with E-state index >= 15 is 0 Å². The summed E-state index contributed by atoms with van der Waals surface area (Å²) in [5.74, 6) is 1.54. The first-order chi connectivity index (χ1) is 10.7. The minimum Gasteiger partial charge on any atom is -0.339 e. The van der Waals surface area contributed by atoms with E-state index in [4.69, 9.17) is 0 Å². The Labute approximate surface area is 134 Å². The Kier molecular flexibility index (Phi) is 5.37. The van der Waals surface area contributed by atoms with Crippen LogP contribution in [0.25, 0.3) is 0 Å². The molecule has 2 aliphatic carbocycles. The highest BCUT2D eigenvalue weighted by Crippen LogP contribution is 2.28. The number of hydrogen-bond acceptors (Lipinski definition) is 2. The van der Waals surface area contributed by atoms with E-state index in [9.17, 15) is 9.59 Å². The molecule has 4 nitrogen and oxygen atoms in total. The molecule has 0 aromatic carbocycles. The van der Waals surface area contributed by atoms with Gasteiger partial charge in [0.2, 0.25) is 11.8 Å². The number of carbonyl (C=O) groups excluding carboxylic acids is 2. The molecule has 1 aliphatic heterocycles. The lowest BCUT2D eigenvalue weighted by atomic mass is 9.86. The molecule has 1 saturated heterocycles. The van der Waals surface area contributed by atoms with Crippen LogP contribution in [-0.2, 0) is 9.59 Å². The van der Waals surface area contributed by atoms with Crippen molar-refractivity contribution in [1.29, 1.82) is 0 Å². The van der Waals surface area contributed by atoms with Gasteiger partial charge in [-0.2, -0.15) is 0 Å². The fourth-order valence-corrected chi connectivity index (χ4v) is 4.37. The van der Waals surface area contributed by atoms with Gasteiger partial charge in [0.15, 0.2) is 0 Å². The van der Waals surface area contributed by atoms with Crippen molar-refractivity contribution in [1.82, 2.24) is 9.80 Å². The Morgan fingerprint density at radius 1 is 0.727 bits per heavy atom. The predicted octanol–water partition coefficient (Wildman–Crippen LogP) is 2.82. The van der Waals surface area contributed by atoms with Gasteiger partial charge in [-0.05, 0) is 31.6 Å². The monoisotopic (exact) mass is 306 g/mol. The molecule has 0 N–H and O–H groups in total. The highest BCUT2D eigenvalue weighted by molar-refractivity contribution is 5.80. The Morgan fingerprint density at radius 2 is 1.27 bits per heavy atom. The second-order valence-electron chi connectivity index (χ2n) is 7.40. The van der Waals surface area contributed by atoms with E-state index < -0.39 is 0 Å². The smallest absolute Gasteiger partial charge is 0.225 e. The summed E-state index contributed by atoms with van der Waals surface area (Å²) in [6, 6.07) is 0. The van der Waals surface area contributed by atoms with Gasteiger partial charge in [0.1, 0.15) is 0 Å². The zero-order chi connectivity index (χ0) is 15.4. The van der Waals surface area contributed by atoms with Crippen molar-refractivity contribution in [3.8, 4) is 0 Å². The van der Waals surface area contributed by atoms with E-state index in [1.807, 2.05) is 9.80 Å². The maximum absolute atomic E-state index is 12.4. The molecule has 2 amide bonds. The van der Waals surface area contributed by atoms with Crippen LogP contribution >= 0.6 is 0 Å². The van der Waals surface area contributed by atoms with Crippen molar-refractivity contribution < 1.29 is 9.59 Å². The average molecular weight is 306 g/mol. The topological polar surface area (TPSA) is 40.6 Å². The van der Waals surface area contributed by atoms with Crippen molar-refractivity contribution in [3.05, 3.63) is 0 Å². The normalized spacial score (nSPS) is 24.7. The molecule has 0 aromatic heterocycles. The lowest BCUT2D eigenvalue weighted by molar-refractivity contribution is -0.142. The molecule has 3 rings (SSSR count). The summed E-state index contributed by atoms with van der Waals surface area (Å²) >= 11 is 0. The molecule has 0 aromatic rings. The van der Waals surface area contributed by atoms with Gasteiger partial charge in [0.05, 0.1) is 0 Å². The highest BCUT2D eigenvalue weighted by Gasteiger charge is 2.31. The molecule has 3 aliphatic rings. The van der Waals surface area contributed by atoms with Crippen LogP contribution in [0.15, 0.2) is 0 Å². The number of nitrogens with zero attached hydrogens (tertiary/aromatic N) is 2. The number of rotatable bonds is 3. The fourth-order valence-electron chi connectivity index (χ4n) is 4.37. The molecule has 3 fully saturated rings. The first-order valence-corrected chi connectivity index (χ1v) is 9.30. The van der Waals surface area contributed by atoms with Gasteiger partial charge in [-0.1, -0.05) is 32.1 Å². The SMILES string of the molecule is O=C(CC1CCCCC1)N1CCN(C(=O)C2CCCC2)CC1. The second-order valence-corrected chi connectivity index (χ2v) is 7.40. The third-order valence-corrected chi connectivity index (χ3v) is 5.84. The maximum atomic E-state index is 12.4. The van der Waals surface area contributed by atoms with Crippen LogP contribution in [0.2, 0.25) is 0 Å². The van der Waals surface area contributed by atoms with Crippen molar-refractivity contribution in [3.63, 3.8) is 0 Å². The molecule has 1 heterocycles. The summed E-state index contributed by atoms with van der Waals surface area (Å²) in [6.45, 7) is 2.96. The van der Waals surface area contributed by atoms with E-state index in [0.717, 1.165) is 45.4 Å². The fraction of sp³-hybridized carbons (Fsp3) is 0.889. The molecule has 0 bridgehead atoms. The van der Waals surface area contributed by atoms with E-state index in [2.05, 4.69) is 0 Å². The molecule has 0 atom stereocenters. The van der Waals surface area contributed by atoms with Crippen LogP contribution < -0.4 is 0 Å². The van der Waals surface area contributed by atoms with Crippen molar-refractivity contribution in [2.45, 2.75) is 64.2 Å². The van der Waals surface area contributed by atoms with Crippen LogP contribution in [0.1, 0.15) is 64.2 Å². The number of hydrogen-bond donors (Lipinski definition) is 0. The summed E-state index contributed by atoms with van der Waals surface area (Å²) in [4.78, 5) is 28.8. The van der Waals surface area contributed by atoms with Crippen molar-refractivity contribution in [2.24, 2.45) is 11.8 Å². The van der Waals surface area contributed by atoms with Gasteiger partial charge in [-0.15, -0.1) is 0 Å². The molecule has 2 saturated carbocycles. The Morgan fingerprint density at radius 3 is 1.91 bits per heavy atom. The zero-order valence-corrected chi connectivity index (χ0v) is 13.8. The Balaban J connectivity index is 1.42. The average Bonchev–Trinajstić information content (AvgIpc) is 3.10. The third-order valence-electron chi connectivity index (χ3n) is 5.84. The minimum atomic E-state index is 0.268. The molecular weight excluding hydrogens is 276 g/mol. The molecule has 0 unspecified atom stereocenters. The number of amides is 2. The summed E-state index contributed by atoms with van der Waals surface area (Å²) in [7, 11) is 0. The van der Waals surface area contributed by atoms with E-state index in [0.29, 0.717) is 17.7 Å². The predicted molar refractivity (Wildman–Crippen MR) is 86.3 cm³/mol.